The Morgan fingerprint density at radius 1 is 1.19 bits per heavy atom. The van der Waals surface area contributed by atoms with E-state index in [-0.39, 0.29) is 6.10 Å². The first kappa shape index (κ1) is 14.1. The van der Waals surface area contributed by atoms with E-state index < -0.39 is 0 Å². The molecule has 0 radical (unpaired) electrons. The zero-order chi connectivity index (χ0) is 14.7. The molecule has 0 bridgehead atoms. The summed E-state index contributed by atoms with van der Waals surface area (Å²) in [7, 11) is 1.72. The van der Waals surface area contributed by atoms with Gasteiger partial charge in [0, 0.05) is 18.4 Å². The molecule has 0 amide bonds. The number of methoxy groups -OCH3 is 1. The molecule has 1 unspecified atom stereocenters. The third kappa shape index (κ3) is 3.08. The number of benzene rings is 1. The third-order valence-corrected chi connectivity index (χ3v) is 4.19. The molecule has 0 spiro atoms. The van der Waals surface area contributed by atoms with Gasteiger partial charge in [0.25, 0.3) is 5.89 Å². The number of nitrogens with zero attached hydrogens (tertiary/aromatic N) is 2. The van der Waals surface area contributed by atoms with Gasteiger partial charge in [-0.3, -0.25) is 0 Å². The van der Waals surface area contributed by atoms with E-state index in [1.54, 1.807) is 7.11 Å². The van der Waals surface area contributed by atoms with Crippen LogP contribution in [0, 0.1) is 5.92 Å². The second-order valence-electron chi connectivity index (χ2n) is 5.63. The number of anilines is 1. The van der Waals surface area contributed by atoms with Crippen molar-refractivity contribution in [3.63, 3.8) is 0 Å². The average Bonchev–Trinajstić information content (AvgIpc) is 2.99. The highest BCUT2D eigenvalue weighted by molar-refractivity contribution is 5.56. The highest BCUT2D eigenvalue weighted by atomic mass is 16.5. The Morgan fingerprint density at radius 2 is 1.90 bits per heavy atom. The van der Waals surface area contributed by atoms with E-state index in [9.17, 15) is 0 Å². The molecule has 3 rings (SSSR count). The van der Waals surface area contributed by atoms with Crippen LogP contribution in [0.3, 0.4) is 0 Å². The molecule has 1 aliphatic rings. The Bertz CT molecular complexity index is 573. The van der Waals surface area contributed by atoms with Crippen LogP contribution in [0.4, 0.5) is 5.69 Å². The summed E-state index contributed by atoms with van der Waals surface area (Å²) in [5.41, 5.74) is 7.28. The minimum atomic E-state index is -0.0726. The molecule has 2 aromatic rings. The zero-order valence-corrected chi connectivity index (χ0v) is 12.3. The molecular weight excluding hydrogens is 266 g/mol. The molecule has 1 saturated carbocycles. The summed E-state index contributed by atoms with van der Waals surface area (Å²) in [5, 5.41) is 4.12. The lowest BCUT2D eigenvalue weighted by atomic mass is 9.85. The van der Waals surface area contributed by atoms with E-state index in [2.05, 4.69) is 10.1 Å². The van der Waals surface area contributed by atoms with Crippen LogP contribution in [0.1, 0.15) is 44.0 Å². The topological polar surface area (TPSA) is 74.2 Å². The first-order valence-corrected chi connectivity index (χ1v) is 7.50. The fourth-order valence-electron chi connectivity index (χ4n) is 3.04. The van der Waals surface area contributed by atoms with Gasteiger partial charge in [0.2, 0.25) is 5.82 Å². The molecule has 1 aromatic heterocycles. The van der Waals surface area contributed by atoms with Gasteiger partial charge in [-0.2, -0.15) is 4.98 Å². The van der Waals surface area contributed by atoms with Crippen molar-refractivity contribution in [3.05, 3.63) is 30.1 Å². The van der Waals surface area contributed by atoms with E-state index >= 15 is 0 Å². The average molecular weight is 287 g/mol. The molecule has 1 heterocycles. The van der Waals surface area contributed by atoms with Gasteiger partial charge in [0.1, 0.15) is 6.10 Å². The lowest BCUT2D eigenvalue weighted by Gasteiger charge is -2.26. The van der Waals surface area contributed by atoms with E-state index in [1.165, 1.54) is 32.1 Å². The van der Waals surface area contributed by atoms with Crippen molar-refractivity contribution < 1.29 is 9.26 Å². The van der Waals surface area contributed by atoms with Crippen molar-refractivity contribution in [2.75, 3.05) is 12.8 Å². The molecular formula is C16H21N3O2. The van der Waals surface area contributed by atoms with Gasteiger partial charge in [-0.25, -0.2) is 0 Å². The van der Waals surface area contributed by atoms with Crippen molar-refractivity contribution in [3.8, 4) is 11.5 Å². The van der Waals surface area contributed by atoms with Gasteiger partial charge in [0.05, 0.1) is 0 Å². The van der Waals surface area contributed by atoms with E-state index in [1.807, 2.05) is 24.3 Å². The van der Waals surface area contributed by atoms with Crippen LogP contribution in [0.25, 0.3) is 11.5 Å². The molecule has 112 valence electrons. The Hall–Kier alpha value is -1.88. The SMILES string of the molecule is COC(c1noc(-c2ccc(N)cc2)n1)C1CCCCC1. The largest absolute Gasteiger partial charge is 0.399 e. The van der Waals surface area contributed by atoms with Crippen LogP contribution in [-0.4, -0.2) is 17.3 Å². The first-order chi connectivity index (χ1) is 10.3. The molecule has 1 aromatic carbocycles. The normalized spacial score (nSPS) is 17.8. The number of nitrogen functional groups attached to an aromatic ring is 1. The van der Waals surface area contributed by atoms with Gasteiger partial charge in [-0.05, 0) is 43.0 Å². The molecule has 1 fully saturated rings. The fourth-order valence-corrected chi connectivity index (χ4v) is 3.04. The maximum absolute atomic E-state index is 5.69. The Morgan fingerprint density at radius 3 is 2.57 bits per heavy atom. The summed E-state index contributed by atoms with van der Waals surface area (Å²) in [5.74, 6) is 1.65. The number of nitrogens with two attached hydrogens (primary N) is 1. The molecule has 0 saturated heterocycles. The predicted octanol–water partition coefficient (Wildman–Crippen LogP) is 3.59. The summed E-state index contributed by atoms with van der Waals surface area (Å²) in [6, 6.07) is 7.42. The highest BCUT2D eigenvalue weighted by Gasteiger charge is 2.29. The van der Waals surface area contributed by atoms with Crippen LogP contribution in [0.15, 0.2) is 28.8 Å². The Labute approximate surface area is 124 Å². The molecule has 1 aliphatic carbocycles. The summed E-state index contributed by atoms with van der Waals surface area (Å²) in [6.07, 6.45) is 6.10. The number of ether oxygens (including phenoxy) is 1. The number of aromatic nitrogens is 2. The van der Waals surface area contributed by atoms with Crippen LogP contribution in [0.2, 0.25) is 0 Å². The van der Waals surface area contributed by atoms with Gasteiger partial charge < -0.3 is 15.0 Å². The minimum Gasteiger partial charge on any atom is -0.399 e. The molecule has 2 N–H and O–H groups in total. The second-order valence-corrected chi connectivity index (χ2v) is 5.63. The van der Waals surface area contributed by atoms with Crippen LogP contribution in [-0.2, 0) is 4.74 Å². The van der Waals surface area contributed by atoms with Crippen molar-refractivity contribution in [2.45, 2.75) is 38.2 Å². The van der Waals surface area contributed by atoms with Crippen LogP contribution < -0.4 is 5.73 Å². The van der Waals surface area contributed by atoms with Crippen molar-refractivity contribution in [2.24, 2.45) is 5.92 Å². The number of hydrogen-bond acceptors (Lipinski definition) is 5. The van der Waals surface area contributed by atoms with Crippen LogP contribution >= 0.6 is 0 Å². The Balaban J connectivity index is 1.80. The van der Waals surface area contributed by atoms with Crippen molar-refractivity contribution in [1.82, 2.24) is 10.1 Å². The van der Waals surface area contributed by atoms with Gasteiger partial charge in [0.15, 0.2) is 0 Å². The highest BCUT2D eigenvalue weighted by Crippen LogP contribution is 2.35. The fraction of sp³-hybridized carbons (Fsp3) is 0.500. The van der Waals surface area contributed by atoms with Crippen molar-refractivity contribution >= 4 is 5.69 Å². The first-order valence-electron chi connectivity index (χ1n) is 7.50. The number of rotatable bonds is 4. The molecule has 21 heavy (non-hydrogen) atoms. The van der Waals surface area contributed by atoms with Gasteiger partial charge in [-0.15, -0.1) is 0 Å². The van der Waals surface area contributed by atoms with Crippen molar-refractivity contribution in [1.29, 1.82) is 0 Å². The zero-order valence-electron chi connectivity index (χ0n) is 12.3. The number of hydrogen-bond donors (Lipinski definition) is 1. The molecule has 1 atom stereocenters. The molecule has 0 aliphatic heterocycles. The minimum absolute atomic E-state index is 0.0726. The second kappa shape index (κ2) is 6.26. The summed E-state index contributed by atoms with van der Waals surface area (Å²) in [4.78, 5) is 4.51. The quantitative estimate of drug-likeness (QED) is 0.870. The molecule has 5 heteroatoms. The maximum atomic E-state index is 5.69. The lowest BCUT2D eigenvalue weighted by Crippen LogP contribution is -2.19. The summed E-state index contributed by atoms with van der Waals surface area (Å²) < 4.78 is 11.0. The predicted molar refractivity (Wildman–Crippen MR) is 80.5 cm³/mol. The Kier molecular flexibility index (Phi) is 4.20. The van der Waals surface area contributed by atoms with Crippen LogP contribution in [0.5, 0.6) is 0 Å². The summed E-state index contributed by atoms with van der Waals surface area (Å²) >= 11 is 0. The maximum Gasteiger partial charge on any atom is 0.258 e. The smallest absolute Gasteiger partial charge is 0.258 e. The van der Waals surface area contributed by atoms with Gasteiger partial charge in [-0.1, -0.05) is 24.4 Å². The van der Waals surface area contributed by atoms with E-state index in [0.717, 1.165) is 11.3 Å². The third-order valence-electron chi connectivity index (χ3n) is 4.19. The molecule has 5 nitrogen and oxygen atoms in total. The van der Waals surface area contributed by atoms with Gasteiger partial charge >= 0.3 is 0 Å². The van der Waals surface area contributed by atoms with E-state index in [4.69, 9.17) is 15.0 Å². The standard InChI is InChI=1S/C16H21N3O2/c1-20-14(11-5-3-2-4-6-11)15-18-16(21-19-15)12-7-9-13(17)10-8-12/h7-11,14H,2-6,17H2,1H3. The van der Waals surface area contributed by atoms with E-state index in [0.29, 0.717) is 17.6 Å². The lowest BCUT2D eigenvalue weighted by molar-refractivity contribution is 0.0274. The monoisotopic (exact) mass is 287 g/mol. The summed E-state index contributed by atoms with van der Waals surface area (Å²) in [6.45, 7) is 0.